The summed E-state index contributed by atoms with van der Waals surface area (Å²) in [6.45, 7) is 14.5. The number of aliphatic carboxylic acids is 1. The van der Waals surface area contributed by atoms with Crippen LogP contribution in [0.25, 0.3) is 0 Å². The molecule has 0 radical (unpaired) electrons. The topological polar surface area (TPSA) is 169 Å². The molecule has 0 saturated heterocycles. The highest BCUT2D eigenvalue weighted by atomic mass is 32.2. The molecule has 0 bridgehead atoms. The molecule has 12 heteroatoms. The summed E-state index contributed by atoms with van der Waals surface area (Å²) in [7, 11) is -4.02. The van der Waals surface area contributed by atoms with E-state index in [1.165, 1.54) is 0 Å². The van der Waals surface area contributed by atoms with Gasteiger partial charge in [0.1, 0.15) is 17.0 Å². The van der Waals surface area contributed by atoms with Gasteiger partial charge in [0, 0.05) is 24.6 Å². The summed E-state index contributed by atoms with van der Waals surface area (Å²) in [5.74, 6) is -0.610. The van der Waals surface area contributed by atoms with Gasteiger partial charge in [0.05, 0.1) is 11.3 Å². The molecule has 0 aliphatic carbocycles. The number of aliphatic imine (C=N–C) groups is 1. The van der Waals surface area contributed by atoms with Crippen molar-refractivity contribution < 1.29 is 32.6 Å². The van der Waals surface area contributed by atoms with Crippen LogP contribution in [0.1, 0.15) is 76.1 Å². The van der Waals surface area contributed by atoms with E-state index in [1.807, 2.05) is 20.8 Å². The Morgan fingerprint density at radius 1 is 1.19 bits per heavy atom. The molecule has 37 heavy (non-hydrogen) atoms. The normalized spacial score (nSPS) is 15.9. The Hall–Kier alpha value is -3.02. The van der Waals surface area contributed by atoms with Crippen molar-refractivity contribution in [2.45, 2.75) is 103 Å². The second-order valence-corrected chi connectivity index (χ2v) is 12.6. The molecule has 1 amide bonds. The number of fused-ring (bicyclic) bond motifs is 1. The number of carbonyl (C=O) groups excluding carboxylic acids is 1. The molecule has 208 valence electrons. The zero-order valence-corrected chi connectivity index (χ0v) is 23.8. The van der Waals surface area contributed by atoms with Crippen molar-refractivity contribution in [3.05, 3.63) is 22.3 Å². The van der Waals surface area contributed by atoms with Gasteiger partial charge in [-0.1, -0.05) is 0 Å². The van der Waals surface area contributed by atoms with E-state index in [0.29, 0.717) is 24.0 Å². The second-order valence-electron chi connectivity index (χ2n) is 11.0. The average molecular weight is 541 g/mol. The van der Waals surface area contributed by atoms with Gasteiger partial charge < -0.3 is 25.6 Å². The van der Waals surface area contributed by atoms with Crippen LogP contribution in [-0.2, 0) is 26.0 Å². The number of hydrogen-bond acceptors (Lipinski definition) is 7. The summed E-state index contributed by atoms with van der Waals surface area (Å²) in [4.78, 5) is 27.4. The third kappa shape index (κ3) is 8.24. The number of carboxylic acids is 1. The Morgan fingerprint density at radius 2 is 1.81 bits per heavy atom. The molecule has 11 nitrogen and oxygen atoms in total. The average Bonchev–Trinajstić information content (AvgIpc) is 3.03. The maximum atomic E-state index is 13.3. The molecule has 0 spiro atoms. The number of nitrogens with two attached hydrogens (primary N) is 1. The largest absolute Gasteiger partial charge is 0.487 e. The highest BCUT2D eigenvalue weighted by Crippen LogP contribution is 2.43. The van der Waals surface area contributed by atoms with E-state index in [-0.39, 0.29) is 30.2 Å². The smallest absolute Gasteiger partial charge is 0.407 e. The quantitative estimate of drug-likeness (QED) is 0.210. The molecule has 1 atom stereocenters. The van der Waals surface area contributed by atoms with Crippen molar-refractivity contribution in [2.75, 3.05) is 6.54 Å². The summed E-state index contributed by atoms with van der Waals surface area (Å²) in [5.41, 5.74) is 7.59. The Labute approximate surface area is 219 Å². The standard InChI is InChI=1S/C25H40N4O7S/c1-14-15(2)21(16(3)18-13-25(7,8)35-20(14)18)37(33,34)29-22(26)27-11-9-10-17(12-19(30)31)28-23(32)36-24(4,5)6/h17H,9-13H2,1-8H3,(H,28,32)(H,30,31)(H3,26,27,29)/t17-/m0/s1. The molecule has 2 rings (SSSR count). The van der Waals surface area contributed by atoms with Gasteiger partial charge in [-0.15, -0.1) is 0 Å². The predicted octanol–water partition coefficient (Wildman–Crippen LogP) is 3.07. The minimum Gasteiger partial charge on any atom is -0.487 e. The monoisotopic (exact) mass is 540 g/mol. The number of ether oxygens (including phenoxy) is 2. The van der Waals surface area contributed by atoms with E-state index in [9.17, 15) is 18.0 Å². The lowest BCUT2D eigenvalue weighted by molar-refractivity contribution is -0.137. The molecule has 0 saturated carbocycles. The van der Waals surface area contributed by atoms with E-state index in [2.05, 4.69) is 15.0 Å². The van der Waals surface area contributed by atoms with Crippen LogP contribution in [0.15, 0.2) is 9.89 Å². The van der Waals surface area contributed by atoms with Gasteiger partial charge in [-0.2, -0.15) is 0 Å². The zero-order valence-electron chi connectivity index (χ0n) is 22.9. The summed E-state index contributed by atoms with van der Waals surface area (Å²) in [5, 5.41) is 11.7. The van der Waals surface area contributed by atoms with E-state index in [1.54, 1.807) is 34.6 Å². The number of carboxylic acid groups (broad SMARTS) is 1. The number of guanidine groups is 1. The first-order chi connectivity index (χ1) is 16.8. The van der Waals surface area contributed by atoms with Crippen molar-refractivity contribution in [3.63, 3.8) is 0 Å². The second kappa shape index (κ2) is 11.2. The third-order valence-electron chi connectivity index (χ3n) is 5.93. The fourth-order valence-corrected chi connectivity index (χ4v) is 5.84. The Bertz CT molecular complexity index is 1180. The first-order valence-corrected chi connectivity index (χ1v) is 13.7. The van der Waals surface area contributed by atoms with Crippen LogP contribution in [-0.4, -0.2) is 55.3 Å². The van der Waals surface area contributed by atoms with Crippen LogP contribution < -0.4 is 20.5 Å². The molecule has 1 aliphatic heterocycles. The first-order valence-electron chi connectivity index (χ1n) is 12.2. The molecule has 1 aromatic rings. The van der Waals surface area contributed by atoms with Gasteiger partial charge in [-0.05, 0) is 84.9 Å². The Balaban J connectivity index is 2.08. The summed E-state index contributed by atoms with van der Waals surface area (Å²) in [6.07, 6.45) is 0.239. The number of alkyl carbamates (subject to hydrolysis) is 1. The lowest BCUT2D eigenvalue weighted by Crippen LogP contribution is -2.40. The van der Waals surface area contributed by atoms with E-state index >= 15 is 0 Å². The SMILES string of the molecule is Cc1c(C)c(S(=O)(=O)NC(N)=NCCC[C@@H](CC(=O)O)NC(=O)OC(C)(C)C)c(C)c2c1OC(C)(C)C2. The van der Waals surface area contributed by atoms with Gasteiger partial charge in [-0.3, -0.25) is 9.79 Å². The van der Waals surface area contributed by atoms with E-state index in [0.717, 1.165) is 16.9 Å². The van der Waals surface area contributed by atoms with Crippen molar-refractivity contribution >= 4 is 28.0 Å². The number of rotatable bonds is 9. The van der Waals surface area contributed by atoms with Crippen LogP contribution >= 0.6 is 0 Å². The van der Waals surface area contributed by atoms with Crippen molar-refractivity contribution in [1.29, 1.82) is 0 Å². The van der Waals surface area contributed by atoms with E-state index < -0.39 is 39.3 Å². The molecule has 0 aromatic heterocycles. The highest BCUT2D eigenvalue weighted by Gasteiger charge is 2.36. The molecular weight excluding hydrogens is 500 g/mol. The molecule has 0 unspecified atom stereocenters. The van der Waals surface area contributed by atoms with Crippen LogP contribution in [0, 0.1) is 20.8 Å². The minimum absolute atomic E-state index is 0.129. The fraction of sp³-hybridized carbons (Fsp3) is 0.640. The minimum atomic E-state index is -4.02. The third-order valence-corrected chi connectivity index (χ3v) is 7.56. The number of sulfonamides is 1. The summed E-state index contributed by atoms with van der Waals surface area (Å²) in [6, 6.07) is -0.674. The summed E-state index contributed by atoms with van der Waals surface area (Å²) >= 11 is 0. The first kappa shape index (κ1) is 30.2. The zero-order chi connectivity index (χ0) is 28.3. The molecule has 0 fully saturated rings. The van der Waals surface area contributed by atoms with Crippen LogP contribution in [0.5, 0.6) is 5.75 Å². The highest BCUT2D eigenvalue weighted by molar-refractivity contribution is 7.90. The maximum absolute atomic E-state index is 13.3. The lowest BCUT2D eigenvalue weighted by Gasteiger charge is -2.23. The van der Waals surface area contributed by atoms with Gasteiger partial charge in [0.2, 0.25) is 5.96 Å². The molecule has 1 heterocycles. The van der Waals surface area contributed by atoms with Crippen molar-refractivity contribution in [1.82, 2.24) is 10.0 Å². The van der Waals surface area contributed by atoms with Gasteiger partial charge in [0.25, 0.3) is 10.0 Å². The molecule has 1 aromatic carbocycles. The van der Waals surface area contributed by atoms with Crippen molar-refractivity contribution in [2.24, 2.45) is 10.7 Å². The summed E-state index contributed by atoms with van der Waals surface area (Å²) < 4.78 is 40.1. The van der Waals surface area contributed by atoms with Crippen molar-refractivity contribution in [3.8, 4) is 5.75 Å². The van der Waals surface area contributed by atoms with Gasteiger partial charge in [-0.25, -0.2) is 17.9 Å². The maximum Gasteiger partial charge on any atom is 0.407 e. The molecule has 1 aliphatic rings. The number of nitrogens with zero attached hydrogens (tertiary/aromatic N) is 1. The Morgan fingerprint density at radius 3 is 2.38 bits per heavy atom. The number of nitrogens with one attached hydrogen (secondary N) is 2. The van der Waals surface area contributed by atoms with Gasteiger partial charge in [0.15, 0.2) is 0 Å². The van der Waals surface area contributed by atoms with Crippen LogP contribution in [0.4, 0.5) is 4.79 Å². The van der Waals surface area contributed by atoms with E-state index in [4.69, 9.17) is 20.3 Å². The Kier molecular flexibility index (Phi) is 9.11. The van der Waals surface area contributed by atoms with Crippen LogP contribution in [0.2, 0.25) is 0 Å². The number of benzene rings is 1. The lowest BCUT2D eigenvalue weighted by atomic mass is 9.94. The number of carbonyl (C=O) groups is 2. The fourth-order valence-electron chi connectivity index (χ4n) is 4.32. The van der Waals surface area contributed by atoms with Crippen LogP contribution in [0.3, 0.4) is 0 Å². The van der Waals surface area contributed by atoms with Gasteiger partial charge >= 0.3 is 12.1 Å². The predicted molar refractivity (Wildman–Crippen MR) is 141 cm³/mol. The molecule has 5 N–H and O–H groups in total. The molecular formula is C25H40N4O7S. The number of hydrogen-bond donors (Lipinski definition) is 4. The number of amides is 1.